The van der Waals surface area contributed by atoms with Crippen molar-refractivity contribution < 1.29 is 186 Å². The van der Waals surface area contributed by atoms with Gasteiger partial charge in [-0.3, -0.25) is 0 Å². The van der Waals surface area contributed by atoms with Gasteiger partial charge in [0.1, 0.15) is 0 Å². The molecule has 220 valence electrons. The molecule has 0 spiro atoms. The van der Waals surface area contributed by atoms with Gasteiger partial charge < -0.3 is 0 Å². The predicted octanol–water partition coefficient (Wildman–Crippen LogP) is 11.9. The van der Waals surface area contributed by atoms with Gasteiger partial charge in [0.15, 0.2) is 0 Å². The van der Waals surface area contributed by atoms with Crippen LogP contribution in [0.5, 0.6) is 0 Å². The van der Waals surface area contributed by atoms with Gasteiger partial charge in [0.05, 0.1) is 0 Å². The van der Waals surface area contributed by atoms with Crippen molar-refractivity contribution in [3.05, 3.63) is 43.2 Å². The molecule has 0 aromatic rings. The van der Waals surface area contributed by atoms with Gasteiger partial charge >= 0.3 is 0 Å². The van der Waals surface area contributed by atoms with Gasteiger partial charge in [0.2, 0.25) is 0 Å². The Labute approximate surface area is 355 Å². The molecule has 0 bridgehead atoms. The second-order valence-electron chi connectivity index (χ2n) is 3.93. The topological polar surface area (TPSA) is 0 Å². The molecule has 0 fully saturated rings. The molecule has 0 aliphatic heterocycles. The van der Waals surface area contributed by atoms with Crippen molar-refractivity contribution in [1.29, 1.82) is 0 Å². The number of hydrogen-bond acceptors (Lipinski definition) is 0. The molecule has 0 unspecified atom stereocenters. The first-order valence-electron chi connectivity index (χ1n) is 7.32. The Morgan fingerprint density at radius 1 is 0.500 bits per heavy atom. The summed E-state index contributed by atoms with van der Waals surface area (Å²) in [5, 5.41) is 0. The largest absolute Gasteiger partial charge is 0.130 e. The van der Waals surface area contributed by atoms with Crippen molar-refractivity contribution in [2.24, 2.45) is 0 Å². The Morgan fingerprint density at radius 3 is 0.917 bits per heavy atom. The second-order valence-corrected chi connectivity index (χ2v) is 3.93. The summed E-state index contributed by atoms with van der Waals surface area (Å²) in [5.74, 6) is 0. The van der Waals surface area contributed by atoms with E-state index >= 15 is 0 Å². The van der Waals surface area contributed by atoms with E-state index in [0.29, 0.717) is 0 Å². The van der Waals surface area contributed by atoms with Crippen LogP contribution in [0, 0.1) is 0 Å². The van der Waals surface area contributed by atoms with Gasteiger partial charge in [-0.25, -0.2) is 0 Å². The van der Waals surface area contributed by atoms with Gasteiger partial charge in [0.25, 0.3) is 0 Å². The fourth-order valence-electron chi connectivity index (χ4n) is 0.979. The molecule has 0 rings (SSSR count). The molecule has 0 nitrogen and oxygen atoms in total. The quantitative estimate of drug-likeness (QED) is 0.136. The molecular formula is C26H66V10. The maximum atomic E-state index is 3.63. The molecule has 0 aliphatic carbocycles. The van der Waals surface area contributed by atoms with E-state index in [0.717, 1.165) is 12.8 Å². The average molecular weight is 888 g/mol. The second kappa shape index (κ2) is 212. The Morgan fingerprint density at radius 2 is 0.806 bits per heavy atom. The third-order valence-corrected chi connectivity index (χ3v) is 1.99. The van der Waals surface area contributed by atoms with Crippen LogP contribution in [-0.4, -0.2) is 0 Å². The fourth-order valence-corrected chi connectivity index (χ4v) is 0.979. The van der Waals surface area contributed by atoms with Crippen LogP contribution >= 0.6 is 0 Å². The third-order valence-electron chi connectivity index (χ3n) is 1.99. The zero-order valence-electron chi connectivity index (χ0n) is 17.6. The van der Waals surface area contributed by atoms with E-state index < -0.39 is 0 Å². The molecule has 36 heavy (non-hydrogen) atoms. The van der Waals surface area contributed by atoms with E-state index in [-0.39, 0.29) is 245 Å². The molecule has 10 heteroatoms. The molecule has 0 N–H and O–H groups in total. The smallest absolute Gasteiger partial charge is 0 e. The van der Waals surface area contributed by atoms with Crippen LogP contribution in [-0.2, 0) is 186 Å². The van der Waals surface area contributed by atoms with Gasteiger partial charge in [0, 0.05) is 186 Å². The van der Waals surface area contributed by atoms with E-state index in [2.05, 4.69) is 39.7 Å². The van der Waals surface area contributed by atoms with E-state index in [9.17, 15) is 0 Å². The predicted molar refractivity (Wildman–Crippen MR) is 142 cm³/mol. The monoisotopic (exact) mass is 888 g/mol. The maximum Gasteiger partial charge on any atom is 0 e. The summed E-state index contributed by atoms with van der Waals surface area (Å²) in [6, 6.07) is 0. The van der Waals surface area contributed by atoms with Crippen molar-refractivity contribution in [2.75, 3.05) is 0 Å². The molecule has 0 aromatic carbocycles. The molecule has 0 amide bonds. The Kier molecular flexibility index (Phi) is 969. The van der Waals surface area contributed by atoms with Crippen LogP contribution in [0.3, 0.4) is 0 Å². The van der Waals surface area contributed by atoms with Crippen molar-refractivity contribution >= 4 is 0 Å². The molecule has 0 aromatic heterocycles. The molecular weight excluding hydrogens is 822 g/mol. The van der Waals surface area contributed by atoms with E-state index in [1.165, 1.54) is 32.1 Å². The first-order valence-corrected chi connectivity index (χ1v) is 7.32. The Hall–Kier alpha value is 4.84. The van der Waals surface area contributed by atoms with Gasteiger partial charge in [-0.05, 0) is 44.8 Å². The van der Waals surface area contributed by atoms with Crippen LogP contribution in [0.15, 0.2) is 43.2 Å². The molecule has 0 heterocycles. The zero-order chi connectivity index (χ0) is 14.5. The third kappa shape index (κ3) is 290. The van der Waals surface area contributed by atoms with Crippen LogP contribution in [0.4, 0.5) is 0 Å². The minimum Gasteiger partial charge on any atom is -0.130 e. The number of rotatable bonds is 7. The summed E-state index contributed by atoms with van der Waals surface area (Å²) >= 11 is 0. The first kappa shape index (κ1) is 165. The standard InChI is InChI=1S/C7H14.C6H10.C5H10.8CH4.10V/c1-3-5-7-6-4-2;1-3-5-6-4-2;1-3-5-4-2;;;;;;;;;;;;;;;;;;/h3H,1,4-7H2,2H3;3,6H,4H2,1-2H3;3H,1,4-5H2,2H3;8*1H4;;;;;;;;;;. The average Bonchev–Trinajstić information content (AvgIpc) is 2.39. The minimum atomic E-state index is 0. The van der Waals surface area contributed by atoms with Gasteiger partial charge in [-0.15, -0.1) is 18.9 Å². The molecule has 0 aliphatic rings. The molecule has 0 saturated carbocycles. The van der Waals surface area contributed by atoms with E-state index in [1.807, 2.05) is 31.2 Å². The summed E-state index contributed by atoms with van der Waals surface area (Å²) < 4.78 is 0. The van der Waals surface area contributed by atoms with Crippen LogP contribution in [0.25, 0.3) is 0 Å². The maximum absolute atomic E-state index is 3.63. The Bertz CT molecular complexity index is 223. The number of unbranched alkanes of at least 4 members (excludes halogenated alkanes) is 4. The number of hydrogen-bond donors (Lipinski definition) is 0. The molecule has 10 radical (unpaired) electrons. The fraction of sp³-hybridized carbons (Fsp3) is 0.731. The van der Waals surface area contributed by atoms with Crippen LogP contribution < -0.4 is 0 Å². The summed E-state index contributed by atoms with van der Waals surface area (Å²) in [6.45, 7) is 15.6. The van der Waals surface area contributed by atoms with E-state index in [1.54, 1.807) is 0 Å². The van der Waals surface area contributed by atoms with Gasteiger partial charge in [-0.2, -0.15) is 0 Å². The van der Waals surface area contributed by atoms with Gasteiger partial charge in [-0.1, -0.05) is 112 Å². The van der Waals surface area contributed by atoms with Crippen molar-refractivity contribution in [3.8, 4) is 0 Å². The summed E-state index contributed by atoms with van der Waals surface area (Å²) in [6.07, 6.45) is 16.5. The molecule has 0 saturated heterocycles. The summed E-state index contributed by atoms with van der Waals surface area (Å²) in [4.78, 5) is 0. The minimum absolute atomic E-state index is 0. The van der Waals surface area contributed by atoms with Crippen LogP contribution in [0.1, 0.15) is 132 Å². The normalized spacial score (nSPS) is 3.78. The summed E-state index contributed by atoms with van der Waals surface area (Å²) in [5.41, 5.74) is 2.95. The number of allylic oxidation sites excluding steroid dienone is 3. The summed E-state index contributed by atoms with van der Waals surface area (Å²) in [7, 11) is 0. The van der Waals surface area contributed by atoms with Crippen molar-refractivity contribution in [1.82, 2.24) is 0 Å². The van der Waals surface area contributed by atoms with Crippen LogP contribution in [0.2, 0.25) is 0 Å². The zero-order valence-corrected chi connectivity index (χ0v) is 31.6. The van der Waals surface area contributed by atoms with E-state index in [4.69, 9.17) is 0 Å². The first-order chi connectivity index (χ1) is 8.74. The Balaban J connectivity index is -0.00000000397. The van der Waals surface area contributed by atoms with Crippen molar-refractivity contribution in [3.63, 3.8) is 0 Å². The van der Waals surface area contributed by atoms with Crippen molar-refractivity contribution in [2.45, 2.75) is 132 Å². The SMILES string of the molecule is C.C.C.C.C.C.C.C.C=CCCC.C=CCCCCC.CC=C=CCC.[V].[V].[V].[V].[V].[V].[V].[V].[V].[V]. The molecule has 0 atom stereocenters.